The molecule has 18 heavy (non-hydrogen) atoms. The van der Waals surface area contributed by atoms with Crippen molar-refractivity contribution in [2.24, 2.45) is 0 Å². The number of sulfonamides is 1. The molecular weight excluding hydrogens is 248 g/mol. The minimum Gasteiger partial charge on any atom is -0.398 e. The second-order valence-corrected chi connectivity index (χ2v) is 6.03. The lowest BCUT2D eigenvalue weighted by molar-refractivity contribution is 0.464. The van der Waals surface area contributed by atoms with Gasteiger partial charge in [-0.1, -0.05) is 12.8 Å². The van der Waals surface area contributed by atoms with Gasteiger partial charge in [0.25, 0.3) is 0 Å². The first-order valence-electron chi connectivity index (χ1n) is 5.65. The van der Waals surface area contributed by atoms with Crippen LogP contribution in [-0.2, 0) is 10.0 Å². The number of nitrogen functional groups attached to an aromatic ring is 1. The Kier molecular flexibility index (Phi) is 4.38. The van der Waals surface area contributed by atoms with Crippen LogP contribution in [0.15, 0.2) is 17.0 Å². The summed E-state index contributed by atoms with van der Waals surface area (Å²) < 4.78 is 25.9. The van der Waals surface area contributed by atoms with E-state index in [1.54, 1.807) is 13.0 Å². The summed E-state index contributed by atoms with van der Waals surface area (Å²) in [6.07, 6.45) is 5.18. The van der Waals surface area contributed by atoms with Gasteiger partial charge in [0.2, 0.25) is 10.0 Å². The van der Waals surface area contributed by atoms with Gasteiger partial charge in [-0.2, -0.15) is 4.31 Å². The standard InChI is InChI=1S/C13H18N2O2S/c1-5-7-15(6-2)18(16,17)12-8-10(3)11(4)13(14)9-12/h1,8-9H,6-7,14H2,2-4H3. The Bertz CT molecular complexity index is 562. The molecule has 0 aliphatic rings. The Morgan fingerprint density at radius 3 is 2.44 bits per heavy atom. The molecule has 5 heteroatoms. The van der Waals surface area contributed by atoms with Gasteiger partial charge in [0.1, 0.15) is 0 Å². The highest BCUT2D eigenvalue weighted by Crippen LogP contribution is 2.23. The van der Waals surface area contributed by atoms with Crippen LogP contribution in [0, 0.1) is 26.2 Å². The number of benzene rings is 1. The van der Waals surface area contributed by atoms with E-state index in [1.165, 1.54) is 10.4 Å². The lowest BCUT2D eigenvalue weighted by atomic mass is 10.1. The van der Waals surface area contributed by atoms with Crippen LogP contribution >= 0.6 is 0 Å². The lowest BCUT2D eigenvalue weighted by Gasteiger charge is -2.19. The molecule has 0 fully saturated rings. The third-order valence-electron chi connectivity index (χ3n) is 2.94. The molecule has 0 radical (unpaired) electrons. The number of hydrogen-bond donors (Lipinski definition) is 1. The van der Waals surface area contributed by atoms with E-state index in [1.807, 2.05) is 13.8 Å². The molecule has 0 heterocycles. The molecular formula is C13H18N2O2S. The number of rotatable bonds is 4. The van der Waals surface area contributed by atoms with Gasteiger partial charge in [-0.3, -0.25) is 0 Å². The quantitative estimate of drug-likeness (QED) is 0.664. The number of hydrogen-bond acceptors (Lipinski definition) is 3. The van der Waals surface area contributed by atoms with Gasteiger partial charge in [0.15, 0.2) is 0 Å². The summed E-state index contributed by atoms with van der Waals surface area (Å²) in [6.45, 7) is 5.84. The zero-order valence-electron chi connectivity index (χ0n) is 10.9. The van der Waals surface area contributed by atoms with Crippen molar-refractivity contribution in [1.82, 2.24) is 4.31 Å². The fourth-order valence-corrected chi connectivity index (χ4v) is 3.10. The van der Waals surface area contributed by atoms with Crippen molar-refractivity contribution in [2.45, 2.75) is 25.7 Å². The molecule has 4 nitrogen and oxygen atoms in total. The molecule has 0 aliphatic carbocycles. The molecule has 0 aromatic heterocycles. The number of nitrogens with two attached hydrogens (primary N) is 1. The normalized spacial score (nSPS) is 11.5. The van der Waals surface area contributed by atoms with Gasteiger partial charge < -0.3 is 5.73 Å². The first-order chi connectivity index (χ1) is 8.34. The molecule has 2 N–H and O–H groups in total. The van der Waals surface area contributed by atoms with E-state index in [9.17, 15) is 8.42 Å². The Balaban J connectivity index is 3.33. The zero-order valence-corrected chi connectivity index (χ0v) is 11.7. The monoisotopic (exact) mass is 266 g/mol. The maximum atomic E-state index is 12.3. The summed E-state index contributed by atoms with van der Waals surface area (Å²) in [6, 6.07) is 3.11. The molecule has 0 bridgehead atoms. The summed E-state index contributed by atoms with van der Waals surface area (Å²) in [5, 5.41) is 0. The van der Waals surface area contributed by atoms with Gasteiger partial charge in [0, 0.05) is 12.2 Å². The summed E-state index contributed by atoms with van der Waals surface area (Å²) in [7, 11) is -3.56. The molecule has 0 aliphatic heterocycles. The van der Waals surface area contributed by atoms with E-state index in [2.05, 4.69) is 5.92 Å². The molecule has 1 aromatic carbocycles. The molecule has 1 rings (SSSR count). The minimum atomic E-state index is -3.56. The van der Waals surface area contributed by atoms with E-state index in [4.69, 9.17) is 12.2 Å². The predicted octanol–water partition coefficient (Wildman–Crippen LogP) is 1.53. The maximum Gasteiger partial charge on any atom is 0.244 e. The Hall–Kier alpha value is -1.51. The van der Waals surface area contributed by atoms with Crippen LogP contribution in [0.2, 0.25) is 0 Å². The summed E-state index contributed by atoms with van der Waals surface area (Å²) in [4.78, 5) is 0.195. The van der Waals surface area contributed by atoms with E-state index in [0.717, 1.165) is 11.1 Å². The lowest BCUT2D eigenvalue weighted by Crippen LogP contribution is -2.31. The van der Waals surface area contributed by atoms with Crippen LogP contribution in [0.5, 0.6) is 0 Å². The molecule has 1 aromatic rings. The summed E-state index contributed by atoms with van der Waals surface area (Å²) >= 11 is 0. The van der Waals surface area contributed by atoms with E-state index in [0.29, 0.717) is 12.2 Å². The van der Waals surface area contributed by atoms with E-state index in [-0.39, 0.29) is 11.4 Å². The molecule has 0 saturated heterocycles. The van der Waals surface area contributed by atoms with Crippen LogP contribution in [0.1, 0.15) is 18.1 Å². The highest BCUT2D eigenvalue weighted by Gasteiger charge is 2.23. The Labute approximate surface area is 109 Å². The van der Waals surface area contributed by atoms with Crippen molar-refractivity contribution < 1.29 is 8.42 Å². The molecule has 0 atom stereocenters. The molecule has 0 spiro atoms. The number of anilines is 1. The fourth-order valence-electron chi connectivity index (χ4n) is 1.62. The van der Waals surface area contributed by atoms with Crippen molar-refractivity contribution in [3.63, 3.8) is 0 Å². The van der Waals surface area contributed by atoms with Gasteiger partial charge in [-0.25, -0.2) is 8.42 Å². The molecule has 0 unspecified atom stereocenters. The van der Waals surface area contributed by atoms with Crippen molar-refractivity contribution in [1.29, 1.82) is 0 Å². The first-order valence-corrected chi connectivity index (χ1v) is 7.09. The van der Waals surface area contributed by atoms with Crippen molar-refractivity contribution >= 4 is 15.7 Å². The molecule has 98 valence electrons. The third kappa shape index (κ3) is 2.66. The fraction of sp³-hybridized carbons (Fsp3) is 0.385. The zero-order chi connectivity index (χ0) is 13.9. The van der Waals surface area contributed by atoms with Gasteiger partial charge in [-0.05, 0) is 37.1 Å². The Morgan fingerprint density at radius 1 is 1.39 bits per heavy atom. The highest BCUT2D eigenvalue weighted by molar-refractivity contribution is 7.89. The summed E-state index contributed by atoms with van der Waals surface area (Å²) in [5.41, 5.74) is 8.04. The topological polar surface area (TPSA) is 63.4 Å². The second-order valence-electron chi connectivity index (χ2n) is 4.09. The average Bonchev–Trinajstić information content (AvgIpc) is 2.31. The number of nitrogens with zero attached hydrogens (tertiary/aromatic N) is 1. The van der Waals surface area contributed by atoms with Crippen LogP contribution in [-0.4, -0.2) is 25.8 Å². The van der Waals surface area contributed by atoms with Crippen LogP contribution in [0.4, 0.5) is 5.69 Å². The first kappa shape index (κ1) is 14.6. The molecule has 0 amide bonds. The van der Waals surface area contributed by atoms with Crippen LogP contribution in [0.3, 0.4) is 0 Å². The average molecular weight is 266 g/mol. The largest absolute Gasteiger partial charge is 0.398 e. The highest BCUT2D eigenvalue weighted by atomic mass is 32.2. The SMILES string of the molecule is C#CCN(CC)S(=O)(=O)c1cc(C)c(C)c(N)c1. The summed E-state index contributed by atoms with van der Waals surface area (Å²) in [5.74, 6) is 2.35. The van der Waals surface area contributed by atoms with Crippen molar-refractivity contribution in [3.05, 3.63) is 23.3 Å². The van der Waals surface area contributed by atoms with Gasteiger partial charge in [0.05, 0.1) is 11.4 Å². The van der Waals surface area contributed by atoms with E-state index >= 15 is 0 Å². The predicted molar refractivity (Wildman–Crippen MR) is 73.6 cm³/mol. The molecule has 0 saturated carbocycles. The van der Waals surface area contributed by atoms with Crippen LogP contribution in [0.25, 0.3) is 0 Å². The van der Waals surface area contributed by atoms with Gasteiger partial charge >= 0.3 is 0 Å². The van der Waals surface area contributed by atoms with Gasteiger partial charge in [-0.15, -0.1) is 6.42 Å². The van der Waals surface area contributed by atoms with Crippen LogP contribution < -0.4 is 5.73 Å². The van der Waals surface area contributed by atoms with E-state index < -0.39 is 10.0 Å². The number of aryl methyl sites for hydroxylation is 1. The van der Waals surface area contributed by atoms with Crippen molar-refractivity contribution in [3.8, 4) is 12.3 Å². The third-order valence-corrected chi connectivity index (χ3v) is 4.84. The Morgan fingerprint density at radius 2 is 2.00 bits per heavy atom. The second kappa shape index (κ2) is 5.42. The smallest absolute Gasteiger partial charge is 0.244 e. The van der Waals surface area contributed by atoms with Crippen molar-refractivity contribution in [2.75, 3.05) is 18.8 Å². The minimum absolute atomic E-state index is 0.0612. The number of terminal acetylenes is 1. The maximum absolute atomic E-state index is 12.3.